The highest BCUT2D eigenvalue weighted by Crippen LogP contribution is 2.49. The zero-order chi connectivity index (χ0) is 17.9. The summed E-state index contributed by atoms with van der Waals surface area (Å²) in [4.78, 5) is 2.17. The van der Waals surface area contributed by atoms with Gasteiger partial charge >= 0.3 is 0 Å². The van der Waals surface area contributed by atoms with Gasteiger partial charge in [-0.25, -0.2) is 0 Å². The van der Waals surface area contributed by atoms with Crippen LogP contribution in [0.15, 0.2) is 42.5 Å². The second-order valence-electron chi connectivity index (χ2n) is 6.86. The van der Waals surface area contributed by atoms with Gasteiger partial charge in [-0.3, -0.25) is 0 Å². The summed E-state index contributed by atoms with van der Waals surface area (Å²) in [5.74, 6) is 0.941. The minimum atomic E-state index is -0.241. The van der Waals surface area contributed by atoms with Crippen LogP contribution in [0.5, 0.6) is 5.75 Å². The Morgan fingerprint density at radius 2 is 1.50 bits per heavy atom. The van der Waals surface area contributed by atoms with E-state index in [9.17, 15) is 0 Å². The summed E-state index contributed by atoms with van der Waals surface area (Å²) in [6, 6.07) is 15.2. The molecule has 0 saturated heterocycles. The molecule has 130 valence electrons. The topological polar surface area (TPSA) is 12.5 Å². The predicted molar refractivity (Wildman–Crippen MR) is 110 cm³/mol. The molecule has 0 fully saturated rings. The van der Waals surface area contributed by atoms with Crippen LogP contribution in [0, 0.1) is 0 Å². The molecule has 24 heavy (non-hydrogen) atoms. The Morgan fingerprint density at radius 3 is 2.04 bits per heavy atom. The molecule has 0 aliphatic heterocycles. The number of hydrogen-bond donors (Lipinski definition) is 0. The minimum absolute atomic E-state index is 0.241. The van der Waals surface area contributed by atoms with Crippen LogP contribution in [0.2, 0.25) is 0 Å². The molecule has 0 aromatic heterocycles. The highest BCUT2D eigenvalue weighted by atomic mass is 31.1. The number of rotatable bonds is 6. The van der Waals surface area contributed by atoms with Crippen LogP contribution in [-0.4, -0.2) is 32.5 Å². The number of nitrogens with zero attached hydrogens (tertiary/aromatic N) is 1. The summed E-state index contributed by atoms with van der Waals surface area (Å²) in [6.45, 7) is 9.38. The van der Waals surface area contributed by atoms with Gasteiger partial charge in [-0.2, -0.15) is 0 Å². The molecule has 2 aromatic rings. The molecule has 0 radical (unpaired) electrons. The maximum absolute atomic E-state index is 5.73. The summed E-state index contributed by atoms with van der Waals surface area (Å²) >= 11 is 0. The van der Waals surface area contributed by atoms with Crippen molar-refractivity contribution in [3.8, 4) is 16.9 Å². The molecule has 0 aliphatic rings. The van der Waals surface area contributed by atoms with Gasteiger partial charge in [0.25, 0.3) is 0 Å². The van der Waals surface area contributed by atoms with Crippen LogP contribution < -0.4 is 14.9 Å². The number of benzene rings is 2. The lowest BCUT2D eigenvalue weighted by Gasteiger charge is -2.30. The molecule has 0 heterocycles. The first kappa shape index (κ1) is 18.8. The van der Waals surface area contributed by atoms with E-state index in [0.29, 0.717) is 11.3 Å². The van der Waals surface area contributed by atoms with Crippen LogP contribution in [-0.2, 0) is 0 Å². The van der Waals surface area contributed by atoms with E-state index < -0.39 is 0 Å². The van der Waals surface area contributed by atoms with Crippen molar-refractivity contribution in [3.63, 3.8) is 0 Å². The van der Waals surface area contributed by atoms with Gasteiger partial charge in [0.15, 0.2) is 0 Å². The first-order chi connectivity index (χ1) is 11.4. The van der Waals surface area contributed by atoms with E-state index >= 15 is 0 Å². The maximum Gasteiger partial charge on any atom is 0.128 e. The molecular weight excluding hydrogens is 313 g/mol. The molecule has 0 spiro atoms. The average Bonchev–Trinajstić information content (AvgIpc) is 2.54. The average molecular weight is 343 g/mol. The third-order valence-electron chi connectivity index (χ3n) is 4.27. The van der Waals surface area contributed by atoms with Crippen LogP contribution >= 0.6 is 7.92 Å². The molecule has 2 aromatic carbocycles. The molecule has 0 aliphatic carbocycles. The zero-order valence-corrected chi connectivity index (χ0v) is 16.9. The van der Waals surface area contributed by atoms with Gasteiger partial charge in [-0.15, -0.1) is 0 Å². The van der Waals surface area contributed by atoms with Gasteiger partial charge in [-0.05, 0) is 34.3 Å². The lowest BCUT2D eigenvalue weighted by atomic mass is 10.0. The standard InChI is InChI=1S/C21H30NOP/c1-15(2)24(16(3)4)20-14-9-8-11-17(20)21-18(22(5)6)12-10-13-19(21)23-7/h8-16H,1-7H3. The van der Waals surface area contributed by atoms with E-state index in [0.717, 1.165) is 5.75 Å². The number of methoxy groups -OCH3 is 1. The van der Waals surface area contributed by atoms with E-state index in [1.54, 1.807) is 7.11 Å². The van der Waals surface area contributed by atoms with Crippen molar-refractivity contribution in [1.82, 2.24) is 0 Å². The van der Waals surface area contributed by atoms with Crippen LogP contribution in [0.4, 0.5) is 5.69 Å². The van der Waals surface area contributed by atoms with E-state index in [4.69, 9.17) is 4.74 Å². The third kappa shape index (κ3) is 3.75. The van der Waals surface area contributed by atoms with Crippen molar-refractivity contribution >= 4 is 18.9 Å². The SMILES string of the molecule is COc1cccc(N(C)C)c1-c1ccccc1P(C(C)C)C(C)C. The normalized spacial score (nSPS) is 11.4. The van der Waals surface area contributed by atoms with E-state index in [-0.39, 0.29) is 7.92 Å². The highest BCUT2D eigenvalue weighted by molar-refractivity contribution is 7.67. The van der Waals surface area contributed by atoms with Gasteiger partial charge in [0.2, 0.25) is 0 Å². The van der Waals surface area contributed by atoms with Crippen LogP contribution in [0.25, 0.3) is 11.1 Å². The quantitative estimate of drug-likeness (QED) is 0.655. The Labute approximate surface area is 148 Å². The number of anilines is 1. The summed E-state index contributed by atoms with van der Waals surface area (Å²) in [5.41, 5.74) is 5.02. The Hall–Kier alpha value is -1.53. The van der Waals surface area contributed by atoms with Crippen LogP contribution in [0.3, 0.4) is 0 Å². The van der Waals surface area contributed by atoms with E-state index in [1.807, 2.05) is 0 Å². The zero-order valence-electron chi connectivity index (χ0n) is 16.0. The van der Waals surface area contributed by atoms with Crippen LogP contribution in [0.1, 0.15) is 27.7 Å². The Balaban J connectivity index is 2.75. The second kappa shape index (κ2) is 8.03. The number of hydrogen-bond acceptors (Lipinski definition) is 2. The fourth-order valence-corrected chi connectivity index (χ4v) is 6.42. The molecule has 2 nitrogen and oxygen atoms in total. The summed E-state index contributed by atoms with van der Waals surface area (Å²) in [7, 11) is 5.70. The van der Waals surface area contributed by atoms with Crippen molar-refractivity contribution in [2.45, 2.75) is 39.0 Å². The molecule has 2 rings (SSSR count). The summed E-state index contributed by atoms with van der Waals surface area (Å²) in [5, 5.41) is 1.48. The second-order valence-corrected chi connectivity index (χ2v) is 10.2. The Bertz CT molecular complexity index is 671. The van der Waals surface area contributed by atoms with Gasteiger partial charge in [0, 0.05) is 25.3 Å². The molecular formula is C21H30NOP. The molecule has 0 unspecified atom stereocenters. The lowest BCUT2D eigenvalue weighted by molar-refractivity contribution is 0.416. The summed E-state index contributed by atoms with van der Waals surface area (Å²) < 4.78 is 5.73. The first-order valence-corrected chi connectivity index (χ1v) is 10.1. The molecule has 0 amide bonds. The first-order valence-electron chi connectivity index (χ1n) is 8.60. The van der Waals surface area contributed by atoms with Crippen molar-refractivity contribution in [1.29, 1.82) is 0 Å². The maximum atomic E-state index is 5.73. The Morgan fingerprint density at radius 1 is 0.875 bits per heavy atom. The van der Waals surface area contributed by atoms with Gasteiger partial charge < -0.3 is 9.64 Å². The smallest absolute Gasteiger partial charge is 0.128 e. The van der Waals surface area contributed by atoms with E-state index in [1.165, 1.54) is 22.1 Å². The van der Waals surface area contributed by atoms with Gasteiger partial charge in [0.1, 0.15) is 5.75 Å². The monoisotopic (exact) mass is 343 g/mol. The van der Waals surface area contributed by atoms with Gasteiger partial charge in [-0.1, -0.05) is 65.9 Å². The van der Waals surface area contributed by atoms with Crippen molar-refractivity contribution in [2.24, 2.45) is 0 Å². The predicted octanol–water partition coefficient (Wildman–Crippen LogP) is 5.35. The minimum Gasteiger partial charge on any atom is -0.496 e. The lowest BCUT2D eigenvalue weighted by Crippen LogP contribution is -2.18. The largest absolute Gasteiger partial charge is 0.496 e. The highest BCUT2D eigenvalue weighted by Gasteiger charge is 2.24. The fraction of sp³-hybridized carbons (Fsp3) is 0.429. The summed E-state index contributed by atoms with van der Waals surface area (Å²) in [6.07, 6.45) is 0. The third-order valence-corrected chi connectivity index (χ3v) is 7.44. The van der Waals surface area contributed by atoms with Crippen molar-refractivity contribution < 1.29 is 4.74 Å². The molecule has 0 atom stereocenters. The molecule has 3 heteroatoms. The van der Waals surface area contributed by atoms with E-state index in [2.05, 4.69) is 89.2 Å². The molecule has 0 bridgehead atoms. The molecule has 0 saturated carbocycles. The molecule has 0 N–H and O–H groups in total. The fourth-order valence-electron chi connectivity index (χ4n) is 3.40. The van der Waals surface area contributed by atoms with Gasteiger partial charge in [0.05, 0.1) is 7.11 Å². The number of ether oxygens (including phenoxy) is 1. The van der Waals surface area contributed by atoms with Crippen molar-refractivity contribution in [3.05, 3.63) is 42.5 Å². The Kier molecular flexibility index (Phi) is 6.29. The van der Waals surface area contributed by atoms with Crippen molar-refractivity contribution in [2.75, 3.05) is 26.1 Å².